The minimum Gasteiger partial charge on any atom is -0.480 e. The first kappa shape index (κ1) is 17.7. The van der Waals surface area contributed by atoms with E-state index in [1.165, 1.54) is 4.90 Å². The normalized spacial score (nSPS) is 16.3. The number of anilines is 1. The van der Waals surface area contributed by atoms with E-state index in [4.69, 9.17) is 0 Å². The van der Waals surface area contributed by atoms with Crippen LogP contribution in [0.1, 0.15) is 39.1 Å². The van der Waals surface area contributed by atoms with Crippen LogP contribution in [0.4, 0.5) is 5.69 Å². The molecule has 6 nitrogen and oxygen atoms in total. The summed E-state index contributed by atoms with van der Waals surface area (Å²) in [5.74, 6) is -1.58. The molecule has 3 rings (SSSR count). The van der Waals surface area contributed by atoms with Gasteiger partial charge in [0, 0.05) is 23.4 Å². The second kappa shape index (κ2) is 7.39. The molecule has 1 unspecified atom stereocenters. The molecule has 2 aromatic carbocycles. The Morgan fingerprint density at radius 3 is 2.50 bits per heavy atom. The molecule has 6 heteroatoms. The highest BCUT2D eigenvalue weighted by molar-refractivity contribution is 6.05. The van der Waals surface area contributed by atoms with Crippen LogP contribution in [0.5, 0.6) is 0 Å². The Bertz CT molecular complexity index is 848. The maximum absolute atomic E-state index is 12.7. The Kier molecular flexibility index (Phi) is 5.02. The van der Waals surface area contributed by atoms with E-state index >= 15 is 0 Å². The van der Waals surface area contributed by atoms with Crippen LogP contribution in [0.25, 0.3) is 0 Å². The van der Waals surface area contributed by atoms with Gasteiger partial charge in [0.1, 0.15) is 6.04 Å². The van der Waals surface area contributed by atoms with E-state index in [2.05, 4.69) is 5.32 Å². The number of likely N-dealkylation sites (tertiary alicyclic amines) is 1. The molecule has 1 atom stereocenters. The maximum atomic E-state index is 12.7. The van der Waals surface area contributed by atoms with Gasteiger partial charge >= 0.3 is 5.97 Å². The van der Waals surface area contributed by atoms with E-state index in [9.17, 15) is 19.5 Å². The van der Waals surface area contributed by atoms with E-state index in [1.54, 1.807) is 42.5 Å². The summed E-state index contributed by atoms with van der Waals surface area (Å²) in [6.07, 6.45) is 1.14. The Morgan fingerprint density at radius 1 is 1.08 bits per heavy atom. The fourth-order valence-electron chi connectivity index (χ4n) is 3.11. The van der Waals surface area contributed by atoms with Gasteiger partial charge in [-0.1, -0.05) is 24.3 Å². The largest absolute Gasteiger partial charge is 0.480 e. The number of rotatable bonds is 4. The van der Waals surface area contributed by atoms with Crippen LogP contribution < -0.4 is 5.32 Å². The number of carbonyl (C=O) groups excluding carboxylic acids is 2. The van der Waals surface area contributed by atoms with Gasteiger partial charge in [0.25, 0.3) is 11.8 Å². The Labute approximate surface area is 151 Å². The van der Waals surface area contributed by atoms with Crippen molar-refractivity contribution in [2.75, 3.05) is 11.9 Å². The number of carboxylic acids is 1. The van der Waals surface area contributed by atoms with Crippen molar-refractivity contribution >= 4 is 23.5 Å². The van der Waals surface area contributed by atoms with Crippen molar-refractivity contribution in [2.24, 2.45) is 0 Å². The van der Waals surface area contributed by atoms with Gasteiger partial charge in [-0.3, -0.25) is 9.59 Å². The number of carbonyl (C=O) groups is 3. The fourth-order valence-corrected chi connectivity index (χ4v) is 3.11. The van der Waals surface area contributed by atoms with Gasteiger partial charge in [-0.25, -0.2) is 4.79 Å². The Morgan fingerprint density at radius 2 is 1.81 bits per heavy atom. The lowest BCUT2D eigenvalue weighted by molar-refractivity contribution is -0.141. The fraction of sp³-hybridized carbons (Fsp3) is 0.250. The van der Waals surface area contributed by atoms with Crippen LogP contribution in [0.3, 0.4) is 0 Å². The van der Waals surface area contributed by atoms with Crippen molar-refractivity contribution < 1.29 is 19.5 Å². The highest BCUT2D eigenvalue weighted by Crippen LogP contribution is 2.23. The van der Waals surface area contributed by atoms with Gasteiger partial charge in [-0.05, 0) is 49.6 Å². The van der Waals surface area contributed by atoms with E-state index in [0.29, 0.717) is 36.2 Å². The number of nitrogens with one attached hydrogen (secondary N) is 1. The third-order valence-electron chi connectivity index (χ3n) is 4.57. The second-order valence-corrected chi connectivity index (χ2v) is 6.34. The molecule has 2 amide bonds. The minimum atomic E-state index is -0.986. The first-order valence-corrected chi connectivity index (χ1v) is 8.48. The molecule has 0 bridgehead atoms. The molecule has 26 heavy (non-hydrogen) atoms. The SMILES string of the molecule is Cc1ccc(C(=O)N2CCCC2C(=O)O)cc1NC(=O)c1ccccc1. The van der Waals surface area contributed by atoms with Crippen molar-refractivity contribution in [2.45, 2.75) is 25.8 Å². The van der Waals surface area contributed by atoms with E-state index in [-0.39, 0.29) is 11.8 Å². The monoisotopic (exact) mass is 352 g/mol. The van der Waals surface area contributed by atoms with E-state index in [1.807, 2.05) is 13.0 Å². The summed E-state index contributed by atoms with van der Waals surface area (Å²) in [4.78, 5) is 37.8. The number of hydrogen-bond donors (Lipinski definition) is 2. The van der Waals surface area contributed by atoms with Gasteiger partial charge in [-0.2, -0.15) is 0 Å². The van der Waals surface area contributed by atoms with Gasteiger partial charge in [0.15, 0.2) is 0 Å². The molecule has 0 radical (unpaired) electrons. The third kappa shape index (κ3) is 3.59. The summed E-state index contributed by atoms with van der Waals surface area (Å²) in [6, 6.07) is 13.0. The summed E-state index contributed by atoms with van der Waals surface area (Å²) in [6.45, 7) is 2.26. The molecule has 1 aliphatic heterocycles. The van der Waals surface area contributed by atoms with E-state index in [0.717, 1.165) is 5.56 Å². The molecule has 1 fully saturated rings. The maximum Gasteiger partial charge on any atom is 0.326 e. The van der Waals surface area contributed by atoms with Gasteiger partial charge in [-0.15, -0.1) is 0 Å². The molecule has 1 aliphatic rings. The second-order valence-electron chi connectivity index (χ2n) is 6.34. The topological polar surface area (TPSA) is 86.7 Å². The molecule has 134 valence electrons. The molecule has 0 aliphatic carbocycles. The highest BCUT2D eigenvalue weighted by Gasteiger charge is 2.34. The van der Waals surface area contributed by atoms with Crippen molar-refractivity contribution in [3.05, 3.63) is 65.2 Å². The Hall–Kier alpha value is -3.15. The van der Waals surface area contributed by atoms with Crippen LogP contribution in [0.2, 0.25) is 0 Å². The van der Waals surface area contributed by atoms with Crippen LogP contribution in [-0.4, -0.2) is 40.4 Å². The van der Waals surface area contributed by atoms with Crippen LogP contribution in [0.15, 0.2) is 48.5 Å². The standard InChI is InChI=1S/C20H20N2O4/c1-13-9-10-15(19(24)22-11-5-8-17(22)20(25)26)12-16(13)21-18(23)14-6-3-2-4-7-14/h2-4,6-7,9-10,12,17H,5,8,11H2,1H3,(H,21,23)(H,25,26). The number of aryl methyl sites for hydroxylation is 1. The number of aliphatic carboxylic acids is 1. The van der Waals surface area contributed by atoms with Crippen LogP contribution in [0, 0.1) is 6.92 Å². The predicted molar refractivity (Wildman–Crippen MR) is 97.3 cm³/mol. The summed E-state index contributed by atoms with van der Waals surface area (Å²) in [5, 5.41) is 12.1. The Balaban J connectivity index is 1.82. The van der Waals surface area contributed by atoms with Gasteiger partial charge < -0.3 is 15.3 Å². The van der Waals surface area contributed by atoms with Crippen LogP contribution in [-0.2, 0) is 4.79 Å². The summed E-state index contributed by atoms with van der Waals surface area (Å²) in [7, 11) is 0. The average molecular weight is 352 g/mol. The lowest BCUT2D eigenvalue weighted by Gasteiger charge is -2.22. The van der Waals surface area contributed by atoms with Crippen molar-refractivity contribution in [3.8, 4) is 0 Å². The summed E-state index contributed by atoms with van der Waals surface area (Å²) in [5.41, 5.74) is 2.25. The zero-order chi connectivity index (χ0) is 18.7. The smallest absolute Gasteiger partial charge is 0.326 e. The molecule has 2 aromatic rings. The lowest BCUT2D eigenvalue weighted by Crippen LogP contribution is -2.40. The average Bonchev–Trinajstić information content (AvgIpc) is 3.13. The summed E-state index contributed by atoms with van der Waals surface area (Å²) < 4.78 is 0. The first-order chi connectivity index (χ1) is 12.5. The molecular weight excluding hydrogens is 332 g/mol. The number of carboxylic acid groups (broad SMARTS) is 1. The number of benzene rings is 2. The van der Waals surface area contributed by atoms with Crippen LogP contribution >= 0.6 is 0 Å². The highest BCUT2D eigenvalue weighted by atomic mass is 16.4. The quantitative estimate of drug-likeness (QED) is 0.886. The third-order valence-corrected chi connectivity index (χ3v) is 4.57. The van der Waals surface area contributed by atoms with Crippen molar-refractivity contribution in [1.29, 1.82) is 0 Å². The summed E-state index contributed by atoms with van der Waals surface area (Å²) >= 11 is 0. The molecular formula is C20H20N2O4. The molecule has 0 saturated carbocycles. The molecule has 2 N–H and O–H groups in total. The minimum absolute atomic E-state index is 0.261. The number of nitrogens with zero attached hydrogens (tertiary/aromatic N) is 1. The zero-order valence-electron chi connectivity index (χ0n) is 14.4. The van der Waals surface area contributed by atoms with Crippen molar-refractivity contribution in [3.63, 3.8) is 0 Å². The molecule has 0 aromatic heterocycles. The van der Waals surface area contributed by atoms with E-state index < -0.39 is 12.0 Å². The molecule has 0 spiro atoms. The van der Waals surface area contributed by atoms with Crippen molar-refractivity contribution in [1.82, 2.24) is 4.90 Å². The predicted octanol–water partition coefficient (Wildman–Crippen LogP) is 2.94. The molecule has 1 heterocycles. The zero-order valence-corrected chi connectivity index (χ0v) is 14.4. The van der Waals surface area contributed by atoms with Gasteiger partial charge in [0.2, 0.25) is 0 Å². The molecule has 1 saturated heterocycles. The lowest BCUT2D eigenvalue weighted by atomic mass is 10.1. The van der Waals surface area contributed by atoms with Gasteiger partial charge in [0.05, 0.1) is 0 Å². The number of hydrogen-bond acceptors (Lipinski definition) is 3. The number of amides is 2. The first-order valence-electron chi connectivity index (χ1n) is 8.48.